The summed E-state index contributed by atoms with van der Waals surface area (Å²) in [7, 11) is 0. The Labute approximate surface area is 120 Å². The van der Waals surface area contributed by atoms with Crippen LogP contribution in [0, 0.1) is 11.8 Å². The molecule has 0 amide bonds. The SMILES string of the molecule is CC(C)CCCC(C)OC1(Cl)C=CC(C(=O)O)C=C1. The van der Waals surface area contributed by atoms with Gasteiger partial charge in [-0.15, -0.1) is 0 Å². The molecule has 0 aromatic heterocycles. The minimum Gasteiger partial charge on any atom is -0.481 e. The Morgan fingerprint density at radius 2 is 1.89 bits per heavy atom. The molecule has 19 heavy (non-hydrogen) atoms. The van der Waals surface area contributed by atoms with Gasteiger partial charge < -0.3 is 9.84 Å². The minimum atomic E-state index is -0.997. The van der Waals surface area contributed by atoms with Crippen molar-refractivity contribution in [2.45, 2.75) is 51.2 Å². The molecule has 0 radical (unpaired) electrons. The zero-order valence-corrected chi connectivity index (χ0v) is 12.6. The van der Waals surface area contributed by atoms with Gasteiger partial charge in [0.25, 0.3) is 0 Å². The van der Waals surface area contributed by atoms with Gasteiger partial charge in [-0.25, -0.2) is 0 Å². The van der Waals surface area contributed by atoms with Crippen LogP contribution >= 0.6 is 11.6 Å². The summed E-state index contributed by atoms with van der Waals surface area (Å²) in [5.41, 5.74) is 0. The number of carbonyl (C=O) groups is 1. The van der Waals surface area contributed by atoms with E-state index in [1.165, 1.54) is 6.42 Å². The molecule has 0 heterocycles. The molecule has 1 rings (SSSR count). The second-order valence-corrected chi connectivity index (χ2v) is 6.12. The first-order valence-corrected chi connectivity index (χ1v) is 7.18. The summed E-state index contributed by atoms with van der Waals surface area (Å²) in [6, 6.07) is 0. The molecule has 1 aliphatic carbocycles. The highest BCUT2D eigenvalue weighted by atomic mass is 35.5. The quantitative estimate of drug-likeness (QED) is 0.569. The summed E-state index contributed by atoms with van der Waals surface area (Å²) in [5.74, 6) is -0.786. The number of hydrogen-bond donors (Lipinski definition) is 1. The molecular weight excluding hydrogens is 264 g/mol. The highest BCUT2D eigenvalue weighted by Gasteiger charge is 2.28. The number of hydrogen-bond acceptors (Lipinski definition) is 2. The lowest BCUT2D eigenvalue weighted by atomic mass is 10.0. The average molecular weight is 287 g/mol. The smallest absolute Gasteiger partial charge is 0.314 e. The summed E-state index contributed by atoms with van der Waals surface area (Å²) in [5, 5.41) is 7.88. The second-order valence-electron chi connectivity index (χ2n) is 5.53. The standard InChI is InChI=1S/C15H23ClO3/c1-11(2)5-4-6-12(3)19-15(16)9-7-13(8-10-15)14(17)18/h7-13H,4-6H2,1-3H3,(H,17,18). The van der Waals surface area contributed by atoms with Crippen molar-refractivity contribution in [2.24, 2.45) is 11.8 Å². The Morgan fingerprint density at radius 3 is 2.37 bits per heavy atom. The average Bonchev–Trinajstić information content (AvgIpc) is 2.28. The van der Waals surface area contributed by atoms with E-state index in [1.807, 2.05) is 6.92 Å². The van der Waals surface area contributed by atoms with E-state index in [4.69, 9.17) is 21.4 Å². The molecule has 4 heteroatoms. The zero-order valence-electron chi connectivity index (χ0n) is 11.8. The van der Waals surface area contributed by atoms with Gasteiger partial charge in [-0.05, 0) is 31.4 Å². The van der Waals surface area contributed by atoms with Crippen LogP contribution in [-0.2, 0) is 9.53 Å². The molecule has 108 valence electrons. The molecule has 0 fully saturated rings. The largest absolute Gasteiger partial charge is 0.481 e. The predicted molar refractivity (Wildman–Crippen MR) is 77.2 cm³/mol. The van der Waals surface area contributed by atoms with Gasteiger partial charge in [-0.2, -0.15) is 0 Å². The molecule has 0 aromatic rings. The van der Waals surface area contributed by atoms with Crippen molar-refractivity contribution < 1.29 is 14.6 Å². The second kappa shape index (κ2) is 7.11. The molecule has 1 atom stereocenters. The van der Waals surface area contributed by atoms with Crippen molar-refractivity contribution in [1.82, 2.24) is 0 Å². The highest BCUT2D eigenvalue weighted by Crippen LogP contribution is 2.29. The molecule has 0 spiro atoms. The fourth-order valence-corrected chi connectivity index (χ4v) is 2.31. The predicted octanol–water partition coefficient (Wildman–Crippen LogP) is 3.98. The first kappa shape index (κ1) is 16.3. The number of aliphatic carboxylic acids is 1. The summed E-state index contributed by atoms with van der Waals surface area (Å²) < 4.78 is 5.79. The minimum absolute atomic E-state index is 0.0481. The lowest BCUT2D eigenvalue weighted by Crippen LogP contribution is -2.29. The Bertz CT molecular complexity index is 346. The number of carboxylic acid groups (broad SMARTS) is 1. The first-order valence-electron chi connectivity index (χ1n) is 6.80. The molecule has 1 N–H and O–H groups in total. The fourth-order valence-electron chi connectivity index (χ4n) is 2.01. The molecule has 0 saturated carbocycles. The Kier molecular flexibility index (Phi) is 6.08. The first-order chi connectivity index (χ1) is 8.82. The van der Waals surface area contributed by atoms with Crippen molar-refractivity contribution in [3.05, 3.63) is 24.3 Å². The van der Waals surface area contributed by atoms with Crippen LogP contribution in [0.3, 0.4) is 0 Å². The lowest BCUT2D eigenvalue weighted by molar-refractivity contribution is -0.138. The summed E-state index contributed by atoms with van der Waals surface area (Å²) in [4.78, 5) is 10.8. The van der Waals surface area contributed by atoms with Crippen LogP contribution in [0.1, 0.15) is 40.0 Å². The molecule has 0 saturated heterocycles. The third-order valence-electron chi connectivity index (χ3n) is 3.12. The van der Waals surface area contributed by atoms with E-state index in [0.717, 1.165) is 12.8 Å². The lowest BCUT2D eigenvalue weighted by Gasteiger charge is -2.27. The van der Waals surface area contributed by atoms with Gasteiger partial charge in [0.15, 0.2) is 5.06 Å². The van der Waals surface area contributed by atoms with Crippen LogP contribution < -0.4 is 0 Å². The van der Waals surface area contributed by atoms with Crippen molar-refractivity contribution >= 4 is 17.6 Å². The van der Waals surface area contributed by atoms with E-state index < -0.39 is 16.9 Å². The maximum absolute atomic E-state index is 10.8. The number of ether oxygens (including phenoxy) is 1. The Balaban J connectivity index is 2.42. The van der Waals surface area contributed by atoms with Gasteiger partial charge in [-0.3, -0.25) is 4.79 Å². The highest BCUT2D eigenvalue weighted by molar-refractivity contribution is 6.25. The normalized spacial score (nSPS) is 27.7. The maximum atomic E-state index is 10.8. The van der Waals surface area contributed by atoms with Crippen molar-refractivity contribution in [3.8, 4) is 0 Å². The monoisotopic (exact) mass is 286 g/mol. The van der Waals surface area contributed by atoms with Gasteiger partial charge in [0, 0.05) is 0 Å². The number of alkyl halides is 1. The van der Waals surface area contributed by atoms with E-state index in [2.05, 4.69) is 13.8 Å². The van der Waals surface area contributed by atoms with Crippen molar-refractivity contribution in [2.75, 3.05) is 0 Å². The summed E-state index contributed by atoms with van der Waals surface area (Å²) in [6.07, 6.45) is 9.65. The third-order valence-corrected chi connectivity index (χ3v) is 3.46. The van der Waals surface area contributed by atoms with Crippen LogP contribution in [0.4, 0.5) is 0 Å². The third kappa shape index (κ3) is 5.79. The van der Waals surface area contributed by atoms with Crippen LogP contribution in [0.15, 0.2) is 24.3 Å². The van der Waals surface area contributed by atoms with Crippen LogP contribution in [0.5, 0.6) is 0 Å². The molecule has 3 nitrogen and oxygen atoms in total. The fraction of sp³-hybridized carbons (Fsp3) is 0.667. The number of rotatable bonds is 7. The molecule has 0 bridgehead atoms. The molecule has 1 aliphatic rings. The van der Waals surface area contributed by atoms with Crippen molar-refractivity contribution in [3.63, 3.8) is 0 Å². The summed E-state index contributed by atoms with van der Waals surface area (Å²) >= 11 is 6.29. The van der Waals surface area contributed by atoms with E-state index in [0.29, 0.717) is 5.92 Å². The van der Waals surface area contributed by atoms with Crippen LogP contribution in [0.25, 0.3) is 0 Å². The molecule has 0 aliphatic heterocycles. The van der Waals surface area contributed by atoms with E-state index in [9.17, 15) is 4.79 Å². The number of halogens is 1. The van der Waals surface area contributed by atoms with Gasteiger partial charge in [-0.1, -0.05) is 50.4 Å². The van der Waals surface area contributed by atoms with Crippen molar-refractivity contribution in [1.29, 1.82) is 0 Å². The molecule has 0 aromatic carbocycles. The maximum Gasteiger partial charge on any atom is 0.314 e. The van der Waals surface area contributed by atoms with Gasteiger partial charge in [0.05, 0.1) is 12.0 Å². The molecule has 1 unspecified atom stereocenters. The van der Waals surface area contributed by atoms with E-state index in [-0.39, 0.29) is 6.10 Å². The van der Waals surface area contributed by atoms with E-state index >= 15 is 0 Å². The zero-order chi connectivity index (χ0) is 14.5. The van der Waals surface area contributed by atoms with Gasteiger partial charge in [0.2, 0.25) is 0 Å². The van der Waals surface area contributed by atoms with Crippen LogP contribution in [0.2, 0.25) is 0 Å². The Hall–Kier alpha value is -0.800. The van der Waals surface area contributed by atoms with E-state index in [1.54, 1.807) is 24.3 Å². The van der Waals surface area contributed by atoms with Gasteiger partial charge >= 0.3 is 5.97 Å². The Morgan fingerprint density at radius 1 is 1.32 bits per heavy atom. The summed E-state index contributed by atoms with van der Waals surface area (Å²) in [6.45, 7) is 6.40. The van der Waals surface area contributed by atoms with Crippen LogP contribution in [-0.4, -0.2) is 22.2 Å². The number of carboxylic acids is 1. The van der Waals surface area contributed by atoms with Gasteiger partial charge in [0.1, 0.15) is 0 Å². The topological polar surface area (TPSA) is 46.5 Å². The molecular formula is C15H23ClO3.